The number of benzene rings is 1. The van der Waals surface area contributed by atoms with Crippen molar-refractivity contribution in [1.29, 1.82) is 0 Å². The van der Waals surface area contributed by atoms with Crippen LogP contribution >= 0.6 is 15.9 Å². The van der Waals surface area contributed by atoms with Crippen LogP contribution in [0.15, 0.2) is 22.8 Å². The summed E-state index contributed by atoms with van der Waals surface area (Å²) >= 11 is 3.23. The molecular weight excluding hydrogens is 316 g/mol. The summed E-state index contributed by atoms with van der Waals surface area (Å²) in [5.41, 5.74) is 0.987. The first-order valence-electron chi connectivity index (χ1n) is 5.48. The molecule has 19 heavy (non-hydrogen) atoms. The van der Waals surface area contributed by atoms with Crippen molar-refractivity contribution in [2.45, 2.75) is 12.8 Å². The van der Waals surface area contributed by atoms with E-state index in [-0.39, 0.29) is 5.69 Å². The van der Waals surface area contributed by atoms with Gasteiger partial charge in [-0.1, -0.05) is 15.9 Å². The summed E-state index contributed by atoms with van der Waals surface area (Å²) < 4.78 is 2.28. The third-order valence-electron chi connectivity index (χ3n) is 3.10. The molecule has 1 aromatic carbocycles. The van der Waals surface area contributed by atoms with Crippen LogP contribution in [0, 0.1) is 10.1 Å². The summed E-state index contributed by atoms with van der Waals surface area (Å²) in [6.45, 7) is 1.52. The van der Waals surface area contributed by atoms with Gasteiger partial charge in [0.25, 0.3) is 5.69 Å². The summed E-state index contributed by atoms with van der Waals surface area (Å²) in [6, 6.07) is 3.13. The van der Waals surface area contributed by atoms with E-state index in [1.165, 1.54) is 13.0 Å². The van der Waals surface area contributed by atoms with Gasteiger partial charge in [-0.25, -0.2) is 0 Å². The Bertz CT molecular complexity index is 693. The van der Waals surface area contributed by atoms with Crippen LogP contribution in [0.2, 0.25) is 0 Å². The lowest BCUT2D eigenvalue weighted by atomic mass is 10.00. The number of carbonyl (C=O) groups is 1. The van der Waals surface area contributed by atoms with E-state index < -0.39 is 16.8 Å². The van der Waals surface area contributed by atoms with E-state index in [9.17, 15) is 14.9 Å². The standard InChI is InChI=1S/C12H11BrN2O4/c1-6(12(16)17)8-5-14(2)9-3-7(13)4-10(11(8)9)15(18)19/h3-6H,1-2H3,(H,16,17). The fourth-order valence-corrected chi connectivity index (χ4v) is 2.53. The Balaban J connectivity index is 2.87. The number of nitrogens with zero attached hydrogens (tertiary/aromatic N) is 2. The van der Waals surface area contributed by atoms with E-state index in [4.69, 9.17) is 5.11 Å². The number of aryl methyl sites for hydroxylation is 1. The van der Waals surface area contributed by atoms with Gasteiger partial charge in [0.1, 0.15) is 0 Å². The molecule has 2 rings (SSSR count). The van der Waals surface area contributed by atoms with Crippen LogP contribution in [-0.2, 0) is 11.8 Å². The number of carboxylic acid groups (broad SMARTS) is 1. The number of non-ortho nitro benzene ring substituents is 1. The maximum Gasteiger partial charge on any atom is 0.310 e. The number of halogens is 1. The number of nitro groups is 1. The zero-order valence-corrected chi connectivity index (χ0v) is 11.8. The fraction of sp³-hybridized carbons (Fsp3) is 0.250. The van der Waals surface area contributed by atoms with E-state index in [2.05, 4.69) is 15.9 Å². The first kappa shape index (κ1) is 13.5. The van der Waals surface area contributed by atoms with Gasteiger partial charge in [0.15, 0.2) is 0 Å². The van der Waals surface area contributed by atoms with Gasteiger partial charge in [-0.2, -0.15) is 0 Å². The molecule has 0 spiro atoms. The molecule has 0 aliphatic carbocycles. The molecule has 0 saturated carbocycles. The maximum absolute atomic E-state index is 11.1. The summed E-state index contributed by atoms with van der Waals surface area (Å²) in [7, 11) is 1.73. The van der Waals surface area contributed by atoms with Crippen molar-refractivity contribution in [3.8, 4) is 0 Å². The first-order valence-corrected chi connectivity index (χ1v) is 6.28. The van der Waals surface area contributed by atoms with Crippen molar-refractivity contribution in [2.75, 3.05) is 0 Å². The van der Waals surface area contributed by atoms with Gasteiger partial charge in [0.2, 0.25) is 0 Å². The molecule has 7 heteroatoms. The molecule has 1 atom stereocenters. The van der Waals surface area contributed by atoms with Crippen LogP contribution in [-0.4, -0.2) is 20.6 Å². The minimum atomic E-state index is -1.01. The molecule has 0 fully saturated rings. The molecule has 2 aromatic rings. The van der Waals surface area contributed by atoms with Gasteiger partial charge in [-0.15, -0.1) is 0 Å². The number of aliphatic carboxylic acids is 1. The molecule has 6 nitrogen and oxygen atoms in total. The number of hydrogen-bond donors (Lipinski definition) is 1. The topological polar surface area (TPSA) is 85.4 Å². The molecule has 100 valence electrons. The maximum atomic E-state index is 11.1. The third kappa shape index (κ3) is 2.21. The van der Waals surface area contributed by atoms with E-state index in [1.54, 1.807) is 23.9 Å². The predicted octanol–water partition coefficient (Wildman–Crippen LogP) is 3.04. The van der Waals surface area contributed by atoms with Gasteiger partial charge in [-0.05, 0) is 18.6 Å². The van der Waals surface area contributed by atoms with Gasteiger partial charge in [0, 0.05) is 23.8 Å². The Kier molecular flexibility index (Phi) is 3.32. The molecule has 0 saturated heterocycles. The average molecular weight is 327 g/mol. The lowest BCUT2D eigenvalue weighted by Crippen LogP contribution is -2.07. The molecular formula is C12H11BrN2O4. The highest BCUT2D eigenvalue weighted by Gasteiger charge is 2.25. The summed E-state index contributed by atoms with van der Waals surface area (Å²) in [4.78, 5) is 21.8. The summed E-state index contributed by atoms with van der Waals surface area (Å²) in [5.74, 6) is -1.81. The lowest BCUT2D eigenvalue weighted by molar-refractivity contribution is -0.383. The van der Waals surface area contributed by atoms with Gasteiger partial charge in [0.05, 0.1) is 21.7 Å². The van der Waals surface area contributed by atoms with E-state index >= 15 is 0 Å². The Morgan fingerprint density at radius 2 is 2.16 bits per heavy atom. The molecule has 0 aliphatic heterocycles. The van der Waals surface area contributed by atoms with Gasteiger partial charge < -0.3 is 9.67 Å². The molecule has 1 heterocycles. The number of aromatic nitrogens is 1. The molecule has 1 N–H and O–H groups in total. The summed E-state index contributed by atoms with van der Waals surface area (Å²) in [5, 5.41) is 20.6. The van der Waals surface area contributed by atoms with Crippen molar-refractivity contribution >= 4 is 38.5 Å². The zero-order valence-electron chi connectivity index (χ0n) is 10.3. The highest BCUT2D eigenvalue weighted by Crippen LogP contribution is 2.36. The number of hydrogen-bond acceptors (Lipinski definition) is 3. The van der Waals surface area contributed by atoms with Crippen LogP contribution in [0.25, 0.3) is 10.9 Å². The SMILES string of the molecule is CC(C(=O)O)c1cn(C)c2cc(Br)cc([N+](=O)[O-])c12. The minimum absolute atomic E-state index is 0.0897. The number of nitro benzene ring substituents is 1. The Morgan fingerprint density at radius 1 is 1.53 bits per heavy atom. The van der Waals surface area contributed by atoms with Crippen molar-refractivity contribution in [3.05, 3.63) is 38.5 Å². The molecule has 1 aromatic heterocycles. The normalized spacial score (nSPS) is 12.6. The Morgan fingerprint density at radius 3 is 2.68 bits per heavy atom. The third-order valence-corrected chi connectivity index (χ3v) is 3.55. The van der Waals surface area contributed by atoms with E-state index in [0.717, 1.165) is 0 Å². The lowest BCUT2D eigenvalue weighted by Gasteiger charge is -2.05. The molecule has 0 aliphatic rings. The van der Waals surface area contributed by atoms with Gasteiger partial charge in [-0.3, -0.25) is 14.9 Å². The average Bonchev–Trinajstić information content (AvgIpc) is 2.64. The van der Waals surface area contributed by atoms with Gasteiger partial charge >= 0.3 is 5.97 Å². The fourth-order valence-electron chi connectivity index (χ4n) is 2.10. The van der Waals surface area contributed by atoms with Crippen LogP contribution in [0.4, 0.5) is 5.69 Å². The van der Waals surface area contributed by atoms with Crippen LogP contribution in [0.3, 0.4) is 0 Å². The van der Waals surface area contributed by atoms with Crippen LogP contribution in [0.5, 0.6) is 0 Å². The minimum Gasteiger partial charge on any atom is -0.481 e. The van der Waals surface area contributed by atoms with Crippen LogP contribution in [0.1, 0.15) is 18.4 Å². The second-order valence-corrected chi connectivity index (χ2v) is 5.25. The van der Waals surface area contributed by atoms with E-state index in [0.29, 0.717) is 20.9 Å². The quantitative estimate of drug-likeness (QED) is 0.693. The van der Waals surface area contributed by atoms with E-state index in [1.807, 2.05) is 0 Å². The second kappa shape index (κ2) is 4.65. The zero-order chi connectivity index (χ0) is 14.3. The largest absolute Gasteiger partial charge is 0.481 e. The monoisotopic (exact) mass is 326 g/mol. The molecule has 1 unspecified atom stereocenters. The molecule has 0 bridgehead atoms. The number of carboxylic acids is 1. The second-order valence-electron chi connectivity index (χ2n) is 4.33. The highest BCUT2D eigenvalue weighted by molar-refractivity contribution is 9.10. The number of rotatable bonds is 3. The molecule has 0 radical (unpaired) electrons. The molecule has 0 amide bonds. The number of fused-ring (bicyclic) bond motifs is 1. The first-order chi connectivity index (χ1) is 8.82. The Hall–Kier alpha value is -1.89. The Labute approximate surface area is 116 Å². The highest BCUT2D eigenvalue weighted by atomic mass is 79.9. The smallest absolute Gasteiger partial charge is 0.310 e. The summed E-state index contributed by atoms with van der Waals surface area (Å²) in [6.07, 6.45) is 1.63. The predicted molar refractivity (Wildman–Crippen MR) is 73.3 cm³/mol. The van der Waals surface area contributed by atoms with Crippen molar-refractivity contribution < 1.29 is 14.8 Å². The van der Waals surface area contributed by atoms with Crippen LogP contribution < -0.4 is 0 Å². The van der Waals surface area contributed by atoms with Crippen molar-refractivity contribution in [3.63, 3.8) is 0 Å². The van der Waals surface area contributed by atoms with Crippen molar-refractivity contribution in [1.82, 2.24) is 4.57 Å². The van der Waals surface area contributed by atoms with Crippen molar-refractivity contribution in [2.24, 2.45) is 7.05 Å².